The van der Waals surface area contributed by atoms with Gasteiger partial charge < -0.3 is 0 Å². The summed E-state index contributed by atoms with van der Waals surface area (Å²) in [5.41, 5.74) is 1.37. The van der Waals surface area contributed by atoms with Crippen molar-refractivity contribution in [2.75, 3.05) is 0 Å². The Morgan fingerprint density at radius 2 is 1.73 bits per heavy atom. The van der Waals surface area contributed by atoms with E-state index in [1.807, 2.05) is 51.2 Å². The van der Waals surface area contributed by atoms with Crippen molar-refractivity contribution in [3.63, 3.8) is 0 Å². The first-order valence-corrected chi connectivity index (χ1v) is 8.33. The summed E-state index contributed by atoms with van der Waals surface area (Å²) in [5, 5.41) is 0. The number of thiol groups is 1. The third-order valence-corrected chi connectivity index (χ3v) is 2.24. The molecule has 0 heterocycles. The Bertz CT molecular complexity index is 379. The zero-order valence-electron chi connectivity index (χ0n) is 14.9. The van der Waals surface area contributed by atoms with Crippen molar-refractivity contribution in [3.05, 3.63) is 84.9 Å². The molecule has 0 radical (unpaired) electrons. The SMILES string of the molecule is C=C/C=C/C=C(/C=C/C)CCC.C=CCC=CC(=C)S.CC. The van der Waals surface area contributed by atoms with Gasteiger partial charge >= 0.3 is 0 Å². The van der Waals surface area contributed by atoms with Crippen molar-refractivity contribution in [2.45, 2.75) is 47.0 Å². The maximum atomic E-state index is 3.96. The highest BCUT2D eigenvalue weighted by atomic mass is 32.1. The van der Waals surface area contributed by atoms with Crippen LogP contribution in [0.25, 0.3) is 0 Å². The molecule has 0 aliphatic heterocycles. The van der Waals surface area contributed by atoms with Gasteiger partial charge in [-0.3, -0.25) is 0 Å². The average Bonchev–Trinajstić information content (AvgIpc) is 2.51. The van der Waals surface area contributed by atoms with Crippen molar-refractivity contribution in [1.29, 1.82) is 0 Å². The first kappa shape index (κ1) is 25.5. The fourth-order valence-corrected chi connectivity index (χ4v) is 1.39. The summed E-state index contributed by atoms with van der Waals surface area (Å²) in [6.45, 7) is 19.0. The summed E-state index contributed by atoms with van der Waals surface area (Å²) >= 11 is 3.96. The first-order valence-electron chi connectivity index (χ1n) is 7.88. The molecule has 0 bridgehead atoms. The van der Waals surface area contributed by atoms with Crippen molar-refractivity contribution in [1.82, 2.24) is 0 Å². The normalized spacial score (nSPS) is 10.9. The van der Waals surface area contributed by atoms with Crippen LogP contribution in [0.4, 0.5) is 0 Å². The topological polar surface area (TPSA) is 0 Å². The lowest BCUT2D eigenvalue weighted by atomic mass is 10.1. The average molecular weight is 319 g/mol. The Labute approximate surface area is 144 Å². The fourth-order valence-electron chi connectivity index (χ4n) is 1.28. The minimum atomic E-state index is 0.784. The van der Waals surface area contributed by atoms with Crippen molar-refractivity contribution in [2.24, 2.45) is 0 Å². The molecule has 0 rings (SSSR count). The zero-order chi connectivity index (χ0) is 17.6. The lowest BCUT2D eigenvalue weighted by Gasteiger charge is -1.95. The molecule has 1 heteroatoms. The minimum absolute atomic E-state index is 0.784. The van der Waals surface area contributed by atoms with Gasteiger partial charge in [0.05, 0.1) is 0 Å². The van der Waals surface area contributed by atoms with Gasteiger partial charge in [-0.05, 0) is 30.2 Å². The standard InChI is InChI=1S/C12H18.C7H10S.C2H6/c1-4-7-8-11-12(9-5-2)10-6-3;1-3-4-5-6-7(2)8;1-2/h4-5,7-9,11H,1,6,10H2,2-3H3;3,5-6,8H,1-2,4H2;1-2H3/b8-7+,9-5+,12-11-;;. The number of rotatable bonds is 8. The van der Waals surface area contributed by atoms with E-state index in [0.29, 0.717) is 0 Å². The van der Waals surface area contributed by atoms with Crippen LogP contribution in [-0.4, -0.2) is 0 Å². The molecular formula is C21H34S. The molecule has 0 N–H and O–H groups in total. The molecule has 0 aromatic rings. The van der Waals surface area contributed by atoms with Gasteiger partial charge in [-0.15, -0.1) is 19.2 Å². The molecule has 0 aliphatic carbocycles. The van der Waals surface area contributed by atoms with Gasteiger partial charge in [-0.2, -0.15) is 0 Å². The molecule has 0 amide bonds. The molecular weight excluding hydrogens is 284 g/mol. The maximum Gasteiger partial charge on any atom is -0.00351 e. The molecule has 0 fully saturated rings. The highest BCUT2D eigenvalue weighted by Gasteiger charge is 1.86. The summed E-state index contributed by atoms with van der Waals surface area (Å²) in [7, 11) is 0. The van der Waals surface area contributed by atoms with Gasteiger partial charge in [0.1, 0.15) is 0 Å². The van der Waals surface area contributed by atoms with Crippen LogP contribution < -0.4 is 0 Å². The smallest absolute Gasteiger partial charge is 0.00351 e. The molecule has 0 aromatic carbocycles. The van der Waals surface area contributed by atoms with Crippen molar-refractivity contribution >= 4 is 12.6 Å². The van der Waals surface area contributed by atoms with Crippen LogP contribution in [0.2, 0.25) is 0 Å². The van der Waals surface area contributed by atoms with Crippen molar-refractivity contribution in [3.8, 4) is 0 Å². The minimum Gasteiger partial charge on any atom is -0.144 e. The molecule has 22 heavy (non-hydrogen) atoms. The second kappa shape index (κ2) is 24.5. The number of hydrogen-bond acceptors (Lipinski definition) is 1. The van der Waals surface area contributed by atoms with Crippen LogP contribution in [0.5, 0.6) is 0 Å². The zero-order valence-corrected chi connectivity index (χ0v) is 15.8. The predicted molar refractivity (Wildman–Crippen MR) is 111 cm³/mol. The Kier molecular flexibility index (Phi) is 28.4. The molecule has 124 valence electrons. The van der Waals surface area contributed by atoms with Crippen LogP contribution in [-0.2, 0) is 0 Å². The van der Waals surface area contributed by atoms with Gasteiger partial charge in [0.25, 0.3) is 0 Å². The summed E-state index contributed by atoms with van der Waals surface area (Å²) in [4.78, 5) is 0.784. The second-order valence-corrected chi connectivity index (χ2v) is 4.60. The molecule has 0 nitrogen and oxygen atoms in total. The van der Waals surface area contributed by atoms with Crippen LogP contribution in [0, 0.1) is 0 Å². The molecule has 0 saturated heterocycles. The largest absolute Gasteiger partial charge is 0.144 e. The lowest BCUT2D eigenvalue weighted by molar-refractivity contribution is 0.926. The van der Waals surface area contributed by atoms with Gasteiger partial charge in [0.15, 0.2) is 0 Å². The van der Waals surface area contributed by atoms with E-state index >= 15 is 0 Å². The highest BCUT2D eigenvalue weighted by molar-refractivity contribution is 7.84. The Hall–Kier alpha value is -1.47. The number of allylic oxidation sites excluding steroid dienone is 10. The summed E-state index contributed by atoms with van der Waals surface area (Å²) in [6.07, 6.45) is 21.0. The van der Waals surface area contributed by atoms with E-state index in [0.717, 1.165) is 17.7 Å². The molecule has 0 atom stereocenters. The van der Waals surface area contributed by atoms with Gasteiger partial charge in [0, 0.05) is 0 Å². The monoisotopic (exact) mass is 318 g/mol. The summed E-state index contributed by atoms with van der Waals surface area (Å²) < 4.78 is 0. The summed E-state index contributed by atoms with van der Waals surface area (Å²) in [6, 6.07) is 0. The van der Waals surface area contributed by atoms with Crippen molar-refractivity contribution < 1.29 is 0 Å². The van der Waals surface area contributed by atoms with E-state index < -0.39 is 0 Å². The highest BCUT2D eigenvalue weighted by Crippen LogP contribution is 2.06. The van der Waals surface area contributed by atoms with Gasteiger partial charge in [-0.1, -0.05) is 95.0 Å². The second-order valence-electron chi connectivity index (χ2n) is 4.03. The van der Waals surface area contributed by atoms with E-state index in [1.165, 1.54) is 12.0 Å². The van der Waals surface area contributed by atoms with Gasteiger partial charge in [0.2, 0.25) is 0 Å². The van der Waals surface area contributed by atoms with Gasteiger partial charge in [-0.25, -0.2) is 0 Å². The lowest BCUT2D eigenvalue weighted by Crippen LogP contribution is -1.75. The Morgan fingerprint density at radius 1 is 1.09 bits per heavy atom. The molecule has 0 aliphatic rings. The summed E-state index contributed by atoms with van der Waals surface area (Å²) in [5.74, 6) is 0. The Morgan fingerprint density at radius 3 is 2.14 bits per heavy atom. The maximum absolute atomic E-state index is 3.96. The fraction of sp³-hybridized carbons (Fsp3) is 0.333. The first-order chi connectivity index (χ1) is 10.6. The van der Waals surface area contributed by atoms with E-state index in [-0.39, 0.29) is 0 Å². The molecule has 0 aromatic heterocycles. The van der Waals surface area contributed by atoms with E-state index in [1.54, 1.807) is 6.08 Å². The van der Waals surface area contributed by atoms with Crippen LogP contribution in [0.15, 0.2) is 84.9 Å². The van der Waals surface area contributed by atoms with E-state index in [9.17, 15) is 0 Å². The van der Waals surface area contributed by atoms with Crippen LogP contribution in [0.1, 0.15) is 47.0 Å². The Balaban J connectivity index is -0.000000313. The molecule has 0 spiro atoms. The molecule has 0 unspecified atom stereocenters. The quantitative estimate of drug-likeness (QED) is 0.265. The van der Waals surface area contributed by atoms with Crippen LogP contribution in [0.3, 0.4) is 0 Å². The molecule has 0 saturated carbocycles. The third kappa shape index (κ3) is 27.0. The number of hydrogen-bond donors (Lipinski definition) is 1. The van der Waals surface area contributed by atoms with E-state index in [4.69, 9.17) is 0 Å². The predicted octanol–water partition coefficient (Wildman–Crippen LogP) is 7.62. The third-order valence-electron chi connectivity index (χ3n) is 2.09. The van der Waals surface area contributed by atoms with Crippen LogP contribution >= 0.6 is 12.6 Å². The van der Waals surface area contributed by atoms with E-state index in [2.05, 4.69) is 57.5 Å².